The molecular formula is C16H29N5O8. The van der Waals surface area contributed by atoms with Gasteiger partial charge >= 0.3 is 11.9 Å². The quantitative estimate of drug-likeness (QED) is 0.129. The Kier molecular flexibility index (Phi) is 12.1. The van der Waals surface area contributed by atoms with Gasteiger partial charge in [0.15, 0.2) is 0 Å². The Morgan fingerprint density at radius 3 is 2.10 bits per heavy atom. The van der Waals surface area contributed by atoms with E-state index in [2.05, 4.69) is 10.6 Å². The van der Waals surface area contributed by atoms with Crippen molar-refractivity contribution in [2.45, 2.75) is 56.8 Å². The first kappa shape index (κ1) is 26.2. The minimum absolute atomic E-state index is 0.378. The molecule has 0 spiro atoms. The number of hydrogen-bond acceptors (Lipinski definition) is 8. The number of hydrogen-bond donors (Lipinski definition) is 8. The van der Waals surface area contributed by atoms with Crippen LogP contribution >= 0.6 is 0 Å². The van der Waals surface area contributed by atoms with Crippen LogP contribution in [-0.2, 0) is 24.0 Å². The van der Waals surface area contributed by atoms with Crippen LogP contribution in [0.4, 0.5) is 0 Å². The standard InChI is InChI=1S/C16H29N5O8/c1-8(22)13(15(27)20-10(16(28)29)6-12(24)25)21-11(23)7-19-14(26)9(18)4-2-3-5-17/h8-10,13,22H,2-7,17-18H2,1H3,(H,19,26)(H,20,27)(H,21,23)(H,24,25)(H,28,29). The number of aliphatic carboxylic acids is 2. The summed E-state index contributed by atoms with van der Waals surface area (Å²) < 4.78 is 0. The van der Waals surface area contributed by atoms with Gasteiger partial charge in [-0.1, -0.05) is 6.42 Å². The number of rotatable bonds is 14. The second-order valence-corrected chi connectivity index (χ2v) is 6.39. The van der Waals surface area contributed by atoms with E-state index in [0.717, 1.165) is 0 Å². The van der Waals surface area contributed by atoms with Gasteiger partial charge in [-0.15, -0.1) is 0 Å². The molecule has 29 heavy (non-hydrogen) atoms. The zero-order valence-corrected chi connectivity index (χ0v) is 16.1. The molecular weight excluding hydrogens is 390 g/mol. The highest BCUT2D eigenvalue weighted by Gasteiger charge is 2.30. The Balaban J connectivity index is 4.72. The molecule has 0 rings (SSSR count). The Hall–Kier alpha value is -2.77. The van der Waals surface area contributed by atoms with E-state index >= 15 is 0 Å². The number of carboxylic acids is 2. The fourth-order valence-electron chi connectivity index (χ4n) is 2.20. The van der Waals surface area contributed by atoms with E-state index in [1.165, 1.54) is 6.92 Å². The number of amides is 3. The Bertz CT molecular complexity index is 598. The summed E-state index contributed by atoms with van der Waals surface area (Å²) in [5, 5.41) is 33.7. The number of nitrogens with two attached hydrogens (primary N) is 2. The molecule has 0 fully saturated rings. The third-order valence-electron chi connectivity index (χ3n) is 3.80. The van der Waals surface area contributed by atoms with Crippen molar-refractivity contribution in [1.82, 2.24) is 16.0 Å². The number of nitrogens with one attached hydrogen (secondary N) is 3. The highest BCUT2D eigenvalue weighted by atomic mass is 16.4. The zero-order chi connectivity index (χ0) is 22.6. The number of carbonyl (C=O) groups excluding carboxylic acids is 3. The topological polar surface area (TPSA) is 234 Å². The van der Waals surface area contributed by atoms with Crippen molar-refractivity contribution in [2.75, 3.05) is 13.1 Å². The Morgan fingerprint density at radius 2 is 1.62 bits per heavy atom. The molecule has 0 saturated heterocycles. The van der Waals surface area contributed by atoms with Crippen molar-refractivity contribution in [3.05, 3.63) is 0 Å². The summed E-state index contributed by atoms with van der Waals surface area (Å²) in [5.41, 5.74) is 11.0. The molecule has 0 aromatic rings. The summed E-state index contributed by atoms with van der Waals surface area (Å²) in [5.74, 6) is -5.55. The number of aliphatic hydroxyl groups excluding tert-OH is 1. The van der Waals surface area contributed by atoms with Crippen molar-refractivity contribution in [1.29, 1.82) is 0 Å². The van der Waals surface area contributed by atoms with Crippen LogP contribution in [0, 0.1) is 0 Å². The van der Waals surface area contributed by atoms with Crippen LogP contribution in [0.2, 0.25) is 0 Å². The predicted octanol–water partition coefficient (Wildman–Crippen LogP) is -3.53. The second-order valence-electron chi connectivity index (χ2n) is 6.39. The average molecular weight is 419 g/mol. The molecule has 4 unspecified atom stereocenters. The molecule has 0 aromatic heterocycles. The molecule has 0 bridgehead atoms. The molecule has 0 aliphatic rings. The van der Waals surface area contributed by atoms with Gasteiger partial charge in [-0.3, -0.25) is 19.2 Å². The van der Waals surface area contributed by atoms with Gasteiger partial charge in [0.2, 0.25) is 17.7 Å². The molecule has 0 heterocycles. The maximum atomic E-state index is 12.1. The molecule has 13 heteroatoms. The monoisotopic (exact) mass is 419 g/mol. The van der Waals surface area contributed by atoms with Crippen LogP contribution in [-0.4, -0.2) is 82.3 Å². The van der Waals surface area contributed by atoms with Gasteiger partial charge in [-0.05, 0) is 26.3 Å². The van der Waals surface area contributed by atoms with Crippen LogP contribution in [0.3, 0.4) is 0 Å². The summed E-state index contributed by atoms with van der Waals surface area (Å²) in [6.07, 6.45) is -0.593. The molecule has 0 aliphatic carbocycles. The third-order valence-corrected chi connectivity index (χ3v) is 3.80. The van der Waals surface area contributed by atoms with Crippen LogP contribution in [0.1, 0.15) is 32.6 Å². The van der Waals surface area contributed by atoms with E-state index in [9.17, 15) is 29.1 Å². The smallest absolute Gasteiger partial charge is 0.326 e. The van der Waals surface area contributed by atoms with E-state index < -0.39 is 66.9 Å². The largest absolute Gasteiger partial charge is 0.481 e. The Morgan fingerprint density at radius 1 is 1.00 bits per heavy atom. The van der Waals surface area contributed by atoms with Crippen molar-refractivity contribution >= 4 is 29.7 Å². The van der Waals surface area contributed by atoms with Crippen LogP contribution in [0.15, 0.2) is 0 Å². The number of carboxylic acid groups (broad SMARTS) is 2. The van der Waals surface area contributed by atoms with Crippen molar-refractivity contribution in [2.24, 2.45) is 11.5 Å². The lowest BCUT2D eigenvalue weighted by Gasteiger charge is -2.23. The van der Waals surface area contributed by atoms with Gasteiger partial charge in [-0.2, -0.15) is 0 Å². The van der Waals surface area contributed by atoms with Crippen LogP contribution in [0.5, 0.6) is 0 Å². The van der Waals surface area contributed by atoms with E-state index in [1.54, 1.807) is 0 Å². The van der Waals surface area contributed by atoms with E-state index in [-0.39, 0.29) is 0 Å². The number of aliphatic hydroxyl groups is 1. The first-order chi connectivity index (χ1) is 13.5. The molecule has 3 amide bonds. The van der Waals surface area contributed by atoms with Crippen LogP contribution in [0.25, 0.3) is 0 Å². The van der Waals surface area contributed by atoms with E-state index in [1.807, 2.05) is 5.32 Å². The van der Waals surface area contributed by atoms with Gasteiger partial charge in [0, 0.05) is 0 Å². The SMILES string of the molecule is CC(O)C(NC(=O)CNC(=O)C(N)CCCCN)C(=O)NC(CC(=O)O)C(=O)O. The molecule has 0 saturated carbocycles. The van der Waals surface area contributed by atoms with Crippen LogP contribution < -0.4 is 27.4 Å². The van der Waals surface area contributed by atoms with Gasteiger partial charge < -0.3 is 42.7 Å². The molecule has 13 nitrogen and oxygen atoms in total. The average Bonchev–Trinajstić information content (AvgIpc) is 2.62. The minimum Gasteiger partial charge on any atom is -0.481 e. The molecule has 4 atom stereocenters. The summed E-state index contributed by atoms with van der Waals surface area (Å²) in [6, 6.07) is -4.14. The van der Waals surface area contributed by atoms with Gasteiger partial charge in [-0.25, -0.2) is 4.79 Å². The number of carbonyl (C=O) groups is 5. The fraction of sp³-hybridized carbons (Fsp3) is 0.688. The normalized spacial score (nSPS) is 14.8. The summed E-state index contributed by atoms with van der Waals surface area (Å²) in [6.45, 7) is 1.11. The van der Waals surface area contributed by atoms with Gasteiger partial charge in [0.1, 0.15) is 12.1 Å². The maximum absolute atomic E-state index is 12.1. The van der Waals surface area contributed by atoms with Gasteiger partial charge in [0.25, 0.3) is 0 Å². The zero-order valence-electron chi connectivity index (χ0n) is 16.1. The molecule has 10 N–H and O–H groups in total. The summed E-state index contributed by atoms with van der Waals surface area (Å²) >= 11 is 0. The summed E-state index contributed by atoms with van der Waals surface area (Å²) in [7, 11) is 0. The fourth-order valence-corrected chi connectivity index (χ4v) is 2.20. The predicted molar refractivity (Wildman–Crippen MR) is 99.3 cm³/mol. The molecule has 0 aliphatic heterocycles. The van der Waals surface area contributed by atoms with Crippen molar-refractivity contribution < 1.29 is 39.3 Å². The minimum atomic E-state index is -1.75. The summed E-state index contributed by atoms with van der Waals surface area (Å²) in [4.78, 5) is 57.6. The lowest BCUT2D eigenvalue weighted by Crippen LogP contribution is -2.57. The number of unbranched alkanes of at least 4 members (excludes halogenated alkanes) is 1. The van der Waals surface area contributed by atoms with Gasteiger partial charge in [0.05, 0.1) is 25.1 Å². The lowest BCUT2D eigenvalue weighted by atomic mass is 10.1. The third kappa shape index (κ3) is 11.0. The van der Waals surface area contributed by atoms with Crippen molar-refractivity contribution in [3.8, 4) is 0 Å². The first-order valence-corrected chi connectivity index (χ1v) is 8.95. The Labute approximate surface area is 167 Å². The molecule has 166 valence electrons. The van der Waals surface area contributed by atoms with Crippen molar-refractivity contribution in [3.63, 3.8) is 0 Å². The molecule has 0 aromatic carbocycles. The second kappa shape index (κ2) is 13.4. The maximum Gasteiger partial charge on any atom is 0.326 e. The highest BCUT2D eigenvalue weighted by Crippen LogP contribution is 2.00. The highest BCUT2D eigenvalue weighted by molar-refractivity contribution is 5.93. The van der Waals surface area contributed by atoms with E-state index in [0.29, 0.717) is 25.8 Å². The first-order valence-electron chi connectivity index (χ1n) is 8.95. The molecule has 0 radical (unpaired) electrons. The lowest BCUT2D eigenvalue weighted by molar-refractivity contribution is -0.147. The van der Waals surface area contributed by atoms with E-state index in [4.69, 9.17) is 21.7 Å².